The van der Waals surface area contributed by atoms with E-state index in [0.29, 0.717) is 0 Å². The summed E-state index contributed by atoms with van der Waals surface area (Å²) < 4.78 is 1.94. The minimum absolute atomic E-state index is 0. The average molecular weight is 451 g/mol. The van der Waals surface area contributed by atoms with E-state index >= 15 is 0 Å². The molecule has 0 aromatic rings. The molecule has 0 aliphatic rings. The average Bonchev–Trinajstić information content (AvgIpc) is 0.918. The Labute approximate surface area is 67.7 Å². The molecule has 0 radical (unpaired) electrons. The van der Waals surface area contributed by atoms with Crippen molar-refractivity contribution in [3.05, 3.63) is 2.43 Å². The third kappa shape index (κ3) is 8.91. The van der Waals surface area contributed by atoms with Gasteiger partial charge in [0.25, 0.3) is 0 Å². The normalized spacial score (nSPS) is 4.50. The van der Waals surface area contributed by atoms with E-state index in [1.54, 1.807) is 0 Å². The first-order chi connectivity index (χ1) is 1.41. The molecule has 0 bridgehead atoms. The summed E-state index contributed by atoms with van der Waals surface area (Å²) in [4.78, 5) is 0. The Morgan fingerprint density at radius 2 is 1.25 bits per heavy atom. The van der Waals surface area contributed by atoms with Gasteiger partial charge >= 0.3 is 0 Å². The standard InChI is InChI=1S/CHI2.W/c2-1-3;/h1H;/q-1;. The Bertz CT molecular complexity index is 6.00. The zero-order chi connectivity index (χ0) is 2.71. The van der Waals surface area contributed by atoms with Crippen molar-refractivity contribution < 1.29 is 21.1 Å². The van der Waals surface area contributed by atoms with E-state index in [9.17, 15) is 0 Å². The number of halogens is 2. The third-order valence-electron chi connectivity index (χ3n) is 0. The Kier molecular flexibility index (Phi) is 21.2. The number of hydrogen-bond acceptors (Lipinski definition) is 0. The summed E-state index contributed by atoms with van der Waals surface area (Å²) in [6, 6.07) is 0. The molecule has 0 nitrogen and oxygen atoms in total. The van der Waals surface area contributed by atoms with Crippen LogP contribution in [0, 0.1) is 2.43 Å². The molecule has 0 heterocycles. The van der Waals surface area contributed by atoms with Crippen molar-refractivity contribution in [2.75, 3.05) is 0 Å². The Morgan fingerprint density at radius 1 is 1.25 bits per heavy atom. The van der Waals surface area contributed by atoms with Crippen LogP contribution in [0.25, 0.3) is 0 Å². The van der Waals surface area contributed by atoms with Crippen LogP contribution in [0.1, 0.15) is 0 Å². The second-order valence-electron chi connectivity index (χ2n) is 0.0825. The summed E-state index contributed by atoms with van der Waals surface area (Å²) in [5.74, 6) is 0. The first-order valence-corrected chi connectivity index (χ1v) is 2.93. The zero-order valence-electron chi connectivity index (χ0n) is 1.74. The Balaban J connectivity index is 0. The van der Waals surface area contributed by atoms with Crippen LogP contribution in [0.4, 0.5) is 0 Å². The maximum atomic E-state index is 2.15. The van der Waals surface area contributed by atoms with Crippen molar-refractivity contribution in [2.24, 2.45) is 0 Å². The molecule has 0 aliphatic carbocycles. The van der Waals surface area contributed by atoms with Crippen LogP contribution in [0.5, 0.6) is 0 Å². The summed E-state index contributed by atoms with van der Waals surface area (Å²) in [6.45, 7) is 0. The second kappa shape index (κ2) is 8.94. The van der Waals surface area contributed by atoms with Crippen LogP contribution in [-0.4, -0.2) is 0 Å². The van der Waals surface area contributed by atoms with E-state index in [4.69, 9.17) is 0 Å². The molecule has 26 valence electrons. The zero-order valence-corrected chi connectivity index (χ0v) is 8.99. The van der Waals surface area contributed by atoms with Crippen molar-refractivity contribution in [3.63, 3.8) is 0 Å². The first-order valence-electron chi connectivity index (χ1n) is 0.436. The SMILES string of the molecule is I[CH-]I.[W]. The van der Waals surface area contributed by atoms with Gasteiger partial charge in [0, 0.05) is 21.1 Å². The largest absolute Gasteiger partial charge is 0.304 e. The molecule has 0 aliphatic heterocycles. The van der Waals surface area contributed by atoms with Crippen molar-refractivity contribution >= 4 is 45.2 Å². The van der Waals surface area contributed by atoms with E-state index in [1.165, 1.54) is 0 Å². The quantitative estimate of drug-likeness (QED) is 0.391. The van der Waals surface area contributed by atoms with Crippen molar-refractivity contribution in [1.29, 1.82) is 0 Å². The van der Waals surface area contributed by atoms with E-state index in [0.717, 1.165) is 0 Å². The molecule has 0 rings (SSSR count). The third-order valence-corrected chi connectivity index (χ3v) is 0. The molecule has 0 atom stereocenters. The van der Waals surface area contributed by atoms with Gasteiger partial charge in [-0.25, -0.2) is 2.43 Å². The second-order valence-corrected chi connectivity index (χ2v) is 3.71. The van der Waals surface area contributed by atoms with Crippen LogP contribution in [0.2, 0.25) is 0 Å². The summed E-state index contributed by atoms with van der Waals surface area (Å²) in [6.07, 6.45) is 0. The smallest absolute Gasteiger partial charge is 0 e. The maximum Gasteiger partial charge on any atom is 0 e. The van der Waals surface area contributed by atoms with Crippen LogP contribution < -0.4 is 0 Å². The monoisotopic (exact) mass is 451 g/mol. The van der Waals surface area contributed by atoms with E-state index in [2.05, 4.69) is 45.2 Å². The Hall–Kier alpha value is 2.15. The van der Waals surface area contributed by atoms with Crippen molar-refractivity contribution in [2.45, 2.75) is 0 Å². The molecule has 0 saturated carbocycles. The molecule has 0 unspecified atom stereocenters. The molecule has 0 aromatic carbocycles. The predicted octanol–water partition coefficient (Wildman–Crippen LogP) is 1.97. The number of rotatable bonds is 0. The fourth-order valence-corrected chi connectivity index (χ4v) is 0. The van der Waals surface area contributed by atoms with Gasteiger partial charge in [-0.2, -0.15) is 0 Å². The van der Waals surface area contributed by atoms with Crippen LogP contribution >= 0.6 is 45.2 Å². The van der Waals surface area contributed by atoms with Crippen LogP contribution in [0.3, 0.4) is 0 Å². The van der Waals surface area contributed by atoms with Gasteiger partial charge in [-0.3, -0.25) is 0 Å². The van der Waals surface area contributed by atoms with Gasteiger partial charge in [0.05, 0.1) is 0 Å². The van der Waals surface area contributed by atoms with E-state index < -0.39 is 0 Å². The van der Waals surface area contributed by atoms with Crippen molar-refractivity contribution in [3.8, 4) is 0 Å². The predicted molar refractivity (Wildman–Crippen MR) is 32.3 cm³/mol. The first kappa shape index (κ1) is 9.47. The van der Waals surface area contributed by atoms with Crippen LogP contribution in [-0.2, 0) is 21.1 Å². The van der Waals surface area contributed by atoms with Crippen molar-refractivity contribution in [1.82, 2.24) is 0 Å². The van der Waals surface area contributed by atoms with Crippen LogP contribution in [0.15, 0.2) is 0 Å². The summed E-state index contributed by atoms with van der Waals surface area (Å²) >= 11 is 4.30. The van der Waals surface area contributed by atoms with Gasteiger partial charge in [0.15, 0.2) is 0 Å². The minimum Gasteiger partial charge on any atom is -0.304 e. The summed E-state index contributed by atoms with van der Waals surface area (Å²) in [7, 11) is 0. The van der Waals surface area contributed by atoms with E-state index in [-0.39, 0.29) is 21.1 Å². The maximum absolute atomic E-state index is 2.15. The fourth-order valence-electron chi connectivity index (χ4n) is 0. The molecule has 0 saturated heterocycles. The van der Waals surface area contributed by atoms with Gasteiger partial charge in [-0.1, -0.05) is 0 Å². The molecule has 3 heteroatoms. The minimum atomic E-state index is 0. The van der Waals surface area contributed by atoms with Gasteiger partial charge in [-0.15, -0.1) is 0 Å². The fraction of sp³-hybridized carbons (Fsp3) is 0. The molecule has 0 fully saturated rings. The van der Waals surface area contributed by atoms with Gasteiger partial charge in [-0.05, 0) is 0 Å². The van der Waals surface area contributed by atoms with Gasteiger partial charge in [0.2, 0.25) is 0 Å². The van der Waals surface area contributed by atoms with E-state index in [1.807, 2.05) is 2.43 Å². The Morgan fingerprint density at radius 3 is 1.25 bits per heavy atom. The van der Waals surface area contributed by atoms with Gasteiger partial charge < -0.3 is 45.2 Å². The molecule has 0 spiro atoms. The summed E-state index contributed by atoms with van der Waals surface area (Å²) in [5, 5.41) is 0. The number of hydrogen-bond donors (Lipinski definition) is 0. The molecule has 0 amide bonds. The topological polar surface area (TPSA) is 0 Å². The molecule has 0 aromatic heterocycles. The molecular weight excluding hydrogens is 450 g/mol. The van der Waals surface area contributed by atoms with Gasteiger partial charge in [0.1, 0.15) is 0 Å². The molecule has 0 N–H and O–H groups in total. The molecule has 4 heavy (non-hydrogen) atoms. The summed E-state index contributed by atoms with van der Waals surface area (Å²) in [5.41, 5.74) is 0. The molecular formula is CHI2W-.